The summed E-state index contributed by atoms with van der Waals surface area (Å²) in [6.07, 6.45) is 6.80. The summed E-state index contributed by atoms with van der Waals surface area (Å²) in [4.78, 5) is 0. The molecule has 0 fully saturated rings. The first kappa shape index (κ1) is 11.1. The predicted octanol–water partition coefficient (Wildman–Crippen LogP) is 4.81. The lowest BCUT2D eigenvalue weighted by Crippen LogP contribution is -2.21. The van der Waals surface area contributed by atoms with Gasteiger partial charge in [0, 0.05) is 5.92 Å². The van der Waals surface area contributed by atoms with Gasteiger partial charge in [0.1, 0.15) is 0 Å². The zero-order valence-electron chi connectivity index (χ0n) is 11.8. The van der Waals surface area contributed by atoms with E-state index in [-0.39, 0.29) is 0 Å². The molecule has 0 spiro atoms. The van der Waals surface area contributed by atoms with Crippen LogP contribution in [0, 0.1) is 5.92 Å². The Morgan fingerprint density at radius 2 is 1.60 bits per heavy atom. The Morgan fingerprint density at radius 3 is 2.60 bits per heavy atom. The van der Waals surface area contributed by atoms with E-state index in [1.54, 1.807) is 27.8 Å². The number of fused-ring (bicyclic) bond motifs is 5. The van der Waals surface area contributed by atoms with E-state index in [0.29, 0.717) is 5.92 Å². The second-order valence-corrected chi connectivity index (χ2v) is 6.80. The van der Waals surface area contributed by atoms with Gasteiger partial charge in [-0.05, 0) is 71.8 Å². The van der Waals surface area contributed by atoms with Crippen LogP contribution in [0.4, 0.5) is 0 Å². The van der Waals surface area contributed by atoms with Crippen molar-refractivity contribution in [2.75, 3.05) is 0 Å². The molecule has 20 heavy (non-hydrogen) atoms. The highest BCUT2D eigenvalue weighted by Crippen LogP contribution is 2.58. The molecule has 2 aromatic carbocycles. The van der Waals surface area contributed by atoms with Crippen LogP contribution >= 0.6 is 0 Å². The highest BCUT2D eigenvalue weighted by molar-refractivity contribution is 5.53. The molecule has 100 valence electrons. The second-order valence-electron chi connectivity index (χ2n) is 6.80. The molecule has 3 aliphatic rings. The van der Waals surface area contributed by atoms with Crippen LogP contribution in [0.15, 0.2) is 42.5 Å². The van der Waals surface area contributed by atoms with E-state index in [4.69, 9.17) is 0 Å². The van der Waals surface area contributed by atoms with Crippen molar-refractivity contribution in [3.63, 3.8) is 0 Å². The quantitative estimate of drug-likeness (QED) is 0.637. The highest BCUT2D eigenvalue weighted by Gasteiger charge is 2.45. The summed E-state index contributed by atoms with van der Waals surface area (Å²) in [6, 6.07) is 16.3. The van der Waals surface area contributed by atoms with Gasteiger partial charge in [0.25, 0.3) is 0 Å². The number of benzene rings is 2. The topological polar surface area (TPSA) is 0 Å². The monoisotopic (exact) mass is 260 g/mol. The van der Waals surface area contributed by atoms with Gasteiger partial charge in [0.2, 0.25) is 0 Å². The maximum atomic E-state index is 2.42. The summed E-state index contributed by atoms with van der Waals surface area (Å²) in [5.41, 5.74) is 8.32. The van der Waals surface area contributed by atoms with Gasteiger partial charge in [0.05, 0.1) is 0 Å². The first-order valence-corrected chi connectivity index (χ1v) is 8.13. The summed E-state index contributed by atoms with van der Waals surface area (Å²) < 4.78 is 0. The van der Waals surface area contributed by atoms with Gasteiger partial charge in [-0.25, -0.2) is 0 Å². The molecule has 0 heteroatoms. The average Bonchev–Trinajstić information content (AvgIpc) is 2.85. The van der Waals surface area contributed by atoms with Crippen molar-refractivity contribution in [3.8, 4) is 0 Å². The van der Waals surface area contributed by atoms with Crippen molar-refractivity contribution >= 4 is 0 Å². The van der Waals surface area contributed by atoms with Crippen LogP contribution in [0.2, 0.25) is 0 Å². The molecule has 0 nitrogen and oxygen atoms in total. The van der Waals surface area contributed by atoms with Crippen LogP contribution in [-0.2, 0) is 12.8 Å². The number of aryl methyl sites for hydroxylation is 2. The Hall–Kier alpha value is -1.56. The Labute approximate surface area is 120 Å². The van der Waals surface area contributed by atoms with Crippen molar-refractivity contribution in [2.24, 2.45) is 5.92 Å². The summed E-state index contributed by atoms with van der Waals surface area (Å²) in [7, 11) is 0. The fraction of sp³-hybridized carbons (Fsp3) is 0.400. The SMILES string of the molecule is c1ccc2c(c1)CCC1C3CCCc4cccc(c43)C21. The molecule has 0 amide bonds. The molecule has 0 bridgehead atoms. The lowest BCUT2D eigenvalue weighted by molar-refractivity contribution is 0.346. The lowest BCUT2D eigenvalue weighted by Gasteiger charge is -2.33. The summed E-state index contributed by atoms with van der Waals surface area (Å²) in [5.74, 6) is 2.42. The molecule has 0 aromatic heterocycles. The zero-order valence-corrected chi connectivity index (χ0v) is 11.8. The van der Waals surface area contributed by atoms with Gasteiger partial charge in [-0.3, -0.25) is 0 Å². The zero-order chi connectivity index (χ0) is 13.1. The summed E-state index contributed by atoms with van der Waals surface area (Å²) >= 11 is 0. The predicted molar refractivity (Wildman–Crippen MR) is 82.2 cm³/mol. The van der Waals surface area contributed by atoms with Crippen LogP contribution in [0.5, 0.6) is 0 Å². The molecule has 3 unspecified atom stereocenters. The molecular formula is C20H20. The van der Waals surface area contributed by atoms with Gasteiger partial charge in [-0.15, -0.1) is 0 Å². The molecule has 0 radical (unpaired) electrons. The number of rotatable bonds is 0. The molecule has 0 saturated heterocycles. The van der Waals surface area contributed by atoms with E-state index >= 15 is 0 Å². The number of hydrogen-bond donors (Lipinski definition) is 0. The van der Waals surface area contributed by atoms with Gasteiger partial charge < -0.3 is 0 Å². The van der Waals surface area contributed by atoms with Gasteiger partial charge in [-0.1, -0.05) is 42.5 Å². The van der Waals surface area contributed by atoms with Crippen LogP contribution in [0.3, 0.4) is 0 Å². The van der Waals surface area contributed by atoms with Crippen molar-refractivity contribution in [2.45, 2.75) is 43.9 Å². The standard InChI is InChI=1S/C20H20/c1-2-8-15-13(5-1)11-12-17-16-9-3-6-14-7-4-10-18(19(14)16)20(15)17/h1-2,4-5,7-8,10,16-17,20H,3,6,9,11-12H2. The van der Waals surface area contributed by atoms with Crippen molar-refractivity contribution in [3.05, 3.63) is 70.3 Å². The van der Waals surface area contributed by atoms with E-state index in [0.717, 1.165) is 11.8 Å². The normalized spacial score (nSPS) is 29.5. The minimum atomic E-state index is 0.693. The van der Waals surface area contributed by atoms with Crippen LogP contribution in [0.1, 0.15) is 58.9 Å². The van der Waals surface area contributed by atoms with E-state index in [1.807, 2.05) is 0 Å². The maximum Gasteiger partial charge on any atom is 0.0129 e. The number of hydrogen-bond acceptors (Lipinski definition) is 0. The molecular weight excluding hydrogens is 240 g/mol. The van der Waals surface area contributed by atoms with Crippen molar-refractivity contribution in [1.29, 1.82) is 0 Å². The van der Waals surface area contributed by atoms with Crippen LogP contribution < -0.4 is 0 Å². The largest absolute Gasteiger partial charge is 0.0620 e. The molecule has 2 aromatic rings. The Kier molecular flexibility index (Phi) is 2.21. The van der Waals surface area contributed by atoms with E-state index < -0.39 is 0 Å². The Bertz CT molecular complexity index is 682. The fourth-order valence-electron chi connectivity index (χ4n) is 5.28. The molecule has 3 aliphatic carbocycles. The average molecular weight is 260 g/mol. The lowest BCUT2D eigenvalue weighted by atomic mass is 9.71. The molecule has 0 aliphatic heterocycles. The van der Waals surface area contributed by atoms with Gasteiger partial charge in [0.15, 0.2) is 0 Å². The fourth-order valence-corrected chi connectivity index (χ4v) is 5.28. The molecule has 5 rings (SSSR count). The smallest absolute Gasteiger partial charge is 0.0129 e. The Balaban J connectivity index is 1.77. The van der Waals surface area contributed by atoms with Gasteiger partial charge >= 0.3 is 0 Å². The first-order chi connectivity index (χ1) is 9.93. The Morgan fingerprint density at radius 1 is 0.750 bits per heavy atom. The third-order valence-corrected chi connectivity index (χ3v) is 5.98. The second kappa shape index (κ2) is 3.97. The van der Waals surface area contributed by atoms with E-state index in [2.05, 4.69) is 42.5 Å². The van der Waals surface area contributed by atoms with Crippen molar-refractivity contribution < 1.29 is 0 Å². The van der Waals surface area contributed by atoms with Crippen LogP contribution in [-0.4, -0.2) is 0 Å². The third kappa shape index (κ3) is 1.32. The molecule has 3 atom stereocenters. The molecule has 0 N–H and O–H groups in total. The van der Waals surface area contributed by atoms with E-state index in [1.165, 1.54) is 32.1 Å². The minimum absolute atomic E-state index is 0.693. The molecule has 0 heterocycles. The summed E-state index contributed by atoms with van der Waals surface area (Å²) in [6.45, 7) is 0. The third-order valence-electron chi connectivity index (χ3n) is 5.98. The summed E-state index contributed by atoms with van der Waals surface area (Å²) in [5, 5.41) is 0. The van der Waals surface area contributed by atoms with Gasteiger partial charge in [-0.2, -0.15) is 0 Å². The van der Waals surface area contributed by atoms with Crippen LogP contribution in [0.25, 0.3) is 0 Å². The molecule has 0 saturated carbocycles. The minimum Gasteiger partial charge on any atom is -0.0620 e. The van der Waals surface area contributed by atoms with Crippen molar-refractivity contribution in [1.82, 2.24) is 0 Å². The maximum absolute atomic E-state index is 2.42. The van der Waals surface area contributed by atoms with E-state index in [9.17, 15) is 0 Å². The highest BCUT2D eigenvalue weighted by atomic mass is 14.5. The first-order valence-electron chi connectivity index (χ1n) is 8.13.